The molecule has 3 aromatic rings. The van der Waals surface area contributed by atoms with Crippen LogP contribution in [-0.2, 0) is 4.79 Å². The molecule has 1 aliphatic rings. The van der Waals surface area contributed by atoms with Crippen LogP contribution in [0.3, 0.4) is 0 Å². The van der Waals surface area contributed by atoms with Crippen molar-refractivity contribution >= 4 is 17.7 Å². The van der Waals surface area contributed by atoms with E-state index in [0.717, 1.165) is 40.9 Å². The molecule has 1 aromatic carbocycles. The summed E-state index contributed by atoms with van der Waals surface area (Å²) in [5.41, 5.74) is 3.08. The average Bonchev–Trinajstić information content (AvgIpc) is 3.16. The van der Waals surface area contributed by atoms with Gasteiger partial charge in [-0.15, -0.1) is 10.2 Å². The summed E-state index contributed by atoms with van der Waals surface area (Å²) >= 11 is 1.45. The Balaban J connectivity index is 1.61. The molecule has 1 amide bonds. The van der Waals surface area contributed by atoms with Gasteiger partial charge in [-0.05, 0) is 48.9 Å². The Bertz CT molecular complexity index is 1010. The number of hydrogen-bond donors (Lipinski definition) is 0. The van der Waals surface area contributed by atoms with Crippen LogP contribution in [0.2, 0.25) is 0 Å². The van der Waals surface area contributed by atoms with Crippen LogP contribution in [-0.4, -0.2) is 49.4 Å². The number of carbonyl (C=O) groups is 1. The summed E-state index contributed by atoms with van der Waals surface area (Å²) in [7, 11) is 0. The number of aryl methyl sites for hydroxylation is 1. The molecule has 3 heterocycles. The fourth-order valence-corrected chi connectivity index (χ4v) is 5.01. The maximum absolute atomic E-state index is 12.9. The zero-order valence-corrected chi connectivity index (χ0v) is 18.5. The van der Waals surface area contributed by atoms with Gasteiger partial charge in [-0.3, -0.25) is 14.3 Å². The molecule has 2 unspecified atom stereocenters. The highest BCUT2D eigenvalue weighted by atomic mass is 32.2. The highest BCUT2D eigenvalue weighted by Gasteiger charge is 2.26. The van der Waals surface area contributed by atoms with Gasteiger partial charge in [-0.1, -0.05) is 43.8 Å². The Morgan fingerprint density at radius 3 is 2.47 bits per heavy atom. The second kappa shape index (κ2) is 9.00. The third-order valence-electron chi connectivity index (χ3n) is 5.47. The number of hydrogen-bond acceptors (Lipinski definition) is 5. The molecular weight excluding hydrogens is 394 g/mol. The molecule has 0 radical (unpaired) electrons. The minimum absolute atomic E-state index is 0.170. The molecule has 6 nitrogen and oxygen atoms in total. The van der Waals surface area contributed by atoms with Gasteiger partial charge in [0.1, 0.15) is 0 Å². The number of nitrogens with zero attached hydrogens (tertiary/aromatic N) is 5. The molecule has 1 saturated heterocycles. The maximum atomic E-state index is 12.9. The molecule has 1 aliphatic heterocycles. The Morgan fingerprint density at radius 1 is 1.07 bits per heavy atom. The number of benzene rings is 1. The number of pyridine rings is 1. The van der Waals surface area contributed by atoms with Gasteiger partial charge in [0.2, 0.25) is 5.91 Å². The minimum atomic E-state index is 0.170. The van der Waals surface area contributed by atoms with Crippen LogP contribution in [0.1, 0.15) is 25.8 Å². The minimum Gasteiger partial charge on any atom is -0.341 e. The van der Waals surface area contributed by atoms with E-state index in [9.17, 15) is 4.79 Å². The second-order valence-electron chi connectivity index (χ2n) is 8.20. The molecule has 0 bridgehead atoms. The van der Waals surface area contributed by atoms with Gasteiger partial charge in [-0.25, -0.2) is 0 Å². The number of aromatic nitrogens is 4. The SMILES string of the molecule is Cc1ccccc1-n1c(SCC(=O)N2CC(C)CC(C)C2)nnc1-c1ccncc1. The van der Waals surface area contributed by atoms with Crippen molar-refractivity contribution in [2.75, 3.05) is 18.8 Å². The summed E-state index contributed by atoms with van der Waals surface area (Å²) in [5, 5.41) is 9.62. The summed E-state index contributed by atoms with van der Waals surface area (Å²) in [6.07, 6.45) is 4.69. The predicted octanol–water partition coefficient (Wildman–Crippen LogP) is 4.23. The second-order valence-corrected chi connectivity index (χ2v) is 9.14. The third kappa shape index (κ3) is 4.41. The van der Waals surface area contributed by atoms with Crippen molar-refractivity contribution in [1.82, 2.24) is 24.6 Å². The molecule has 0 spiro atoms. The lowest BCUT2D eigenvalue weighted by molar-refractivity contribution is -0.130. The topological polar surface area (TPSA) is 63.9 Å². The van der Waals surface area contributed by atoms with Crippen molar-refractivity contribution in [3.8, 4) is 17.1 Å². The molecule has 1 fully saturated rings. The lowest BCUT2D eigenvalue weighted by Gasteiger charge is -2.35. The van der Waals surface area contributed by atoms with Crippen LogP contribution in [0.25, 0.3) is 17.1 Å². The van der Waals surface area contributed by atoms with E-state index >= 15 is 0 Å². The first-order valence-electron chi connectivity index (χ1n) is 10.4. The molecule has 4 rings (SSSR count). The third-order valence-corrected chi connectivity index (χ3v) is 6.39. The van der Waals surface area contributed by atoms with Crippen molar-refractivity contribution in [1.29, 1.82) is 0 Å². The summed E-state index contributed by atoms with van der Waals surface area (Å²) < 4.78 is 2.05. The molecule has 0 saturated carbocycles. The fourth-order valence-electron chi connectivity index (χ4n) is 4.17. The first-order chi connectivity index (χ1) is 14.5. The highest BCUT2D eigenvalue weighted by molar-refractivity contribution is 7.99. The lowest BCUT2D eigenvalue weighted by atomic mass is 9.92. The van der Waals surface area contributed by atoms with Gasteiger partial charge in [-0.2, -0.15) is 0 Å². The number of amides is 1. The summed E-state index contributed by atoms with van der Waals surface area (Å²) in [5.74, 6) is 2.39. The van der Waals surface area contributed by atoms with E-state index in [1.54, 1.807) is 12.4 Å². The van der Waals surface area contributed by atoms with Crippen LogP contribution in [0.4, 0.5) is 0 Å². The van der Waals surface area contributed by atoms with Crippen molar-refractivity contribution in [3.05, 3.63) is 54.4 Å². The molecule has 0 N–H and O–H groups in total. The molecule has 2 aromatic heterocycles. The smallest absolute Gasteiger partial charge is 0.233 e. The zero-order chi connectivity index (χ0) is 21.1. The monoisotopic (exact) mass is 421 g/mol. The van der Waals surface area contributed by atoms with Crippen LogP contribution in [0.15, 0.2) is 53.9 Å². The van der Waals surface area contributed by atoms with Crippen molar-refractivity contribution in [2.24, 2.45) is 11.8 Å². The van der Waals surface area contributed by atoms with Gasteiger partial charge in [0.05, 0.1) is 11.4 Å². The highest BCUT2D eigenvalue weighted by Crippen LogP contribution is 2.30. The molecule has 156 valence electrons. The summed E-state index contributed by atoms with van der Waals surface area (Å²) in [6.45, 7) is 8.20. The van der Waals surface area contributed by atoms with Crippen molar-refractivity contribution in [2.45, 2.75) is 32.3 Å². The largest absolute Gasteiger partial charge is 0.341 e. The zero-order valence-electron chi connectivity index (χ0n) is 17.7. The molecule has 30 heavy (non-hydrogen) atoms. The van der Waals surface area contributed by atoms with E-state index in [-0.39, 0.29) is 5.91 Å². The van der Waals surface area contributed by atoms with Gasteiger partial charge in [0.15, 0.2) is 11.0 Å². The van der Waals surface area contributed by atoms with Crippen LogP contribution in [0, 0.1) is 18.8 Å². The van der Waals surface area contributed by atoms with E-state index in [1.165, 1.54) is 18.2 Å². The van der Waals surface area contributed by atoms with Gasteiger partial charge < -0.3 is 4.90 Å². The number of thioether (sulfide) groups is 1. The van der Waals surface area contributed by atoms with E-state index in [1.807, 2.05) is 33.7 Å². The van der Waals surface area contributed by atoms with E-state index in [4.69, 9.17) is 0 Å². The molecule has 7 heteroatoms. The van der Waals surface area contributed by atoms with Gasteiger partial charge >= 0.3 is 0 Å². The van der Waals surface area contributed by atoms with Crippen LogP contribution in [0.5, 0.6) is 0 Å². The number of carbonyl (C=O) groups excluding carboxylic acids is 1. The molecular formula is C23H27N5OS. The average molecular weight is 422 g/mol. The quantitative estimate of drug-likeness (QED) is 0.577. The number of piperidine rings is 1. The predicted molar refractivity (Wildman–Crippen MR) is 120 cm³/mol. The first-order valence-corrected chi connectivity index (χ1v) is 11.3. The van der Waals surface area contributed by atoms with E-state index < -0.39 is 0 Å². The summed E-state index contributed by atoms with van der Waals surface area (Å²) in [4.78, 5) is 19.0. The number of para-hydroxylation sites is 1. The van der Waals surface area contributed by atoms with Crippen molar-refractivity contribution in [3.63, 3.8) is 0 Å². The van der Waals surface area contributed by atoms with Crippen LogP contribution < -0.4 is 0 Å². The maximum Gasteiger partial charge on any atom is 0.233 e. The molecule has 0 aliphatic carbocycles. The van der Waals surface area contributed by atoms with Crippen LogP contribution >= 0.6 is 11.8 Å². The number of likely N-dealkylation sites (tertiary alicyclic amines) is 1. The fraction of sp³-hybridized carbons (Fsp3) is 0.391. The van der Waals surface area contributed by atoms with Crippen molar-refractivity contribution < 1.29 is 4.79 Å². The first kappa shape index (κ1) is 20.6. The van der Waals surface area contributed by atoms with Gasteiger partial charge in [0, 0.05) is 31.0 Å². The van der Waals surface area contributed by atoms with E-state index in [2.05, 4.69) is 48.1 Å². The summed E-state index contributed by atoms with van der Waals surface area (Å²) in [6, 6.07) is 12.0. The molecule has 2 atom stereocenters. The lowest BCUT2D eigenvalue weighted by Crippen LogP contribution is -2.43. The Labute approximate surface area is 181 Å². The van der Waals surface area contributed by atoms with E-state index in [0.29, 0.717) is 17.6 Å². The number of rotatable bonds is 5. The Kier molecular flexibility index (Phi) is 6.18. The normalized spacial score (nSPS) is 19.1. The standard InChI is InChI=1S/C23H27N5OS/c1-16-12-17(2)14-27(13-16)21(29)15-30-23-26-25-22(19-8-10-24-11-9-19)28(23)20-7-5-4-6-18(20)3/h4-11,16-17H,12-15H2,1-3H3. The Morgan fingerprint density at radius 2 is 1.77 bits per heavy atom. The Hall–Kier alpha value is -2.67. The van der Waals surface area contributed by atoms with Gasteiger partial charge in [0.25, 0.3) is 0 Å².